The van der Waals surface area contributed by atoms with Gasteiger partial charge < -0.3 is 15.4 Å². The topological polar surface area (TPSA) is 58.5 Å². The minimum atomic E-state index is -4.38. The van der Waals surface area contributed by atoms with E-state index in [4.69, 9.17) is 4.74 Å². The highest BCUT2D eigenvalue weighted by atomic mass is 32.1. The lowest BCUT2D eigenvalue weighted by molar-refractivity contribution is -0.153. The Morgan fingerprint density at radius 2 is 1.96 bits per heavy atom. The molecule has 0 fully saturated rings. The van der Waals surface area contributed by atoms with E-state index in [9.17, 15) is 13.2 Å². The number of hydrogen-bond acceptors (Lipinski definition) is 4. The first-order chi connectivity index (χ1) is 13.3. The molecule has 5 nitrogen and oxygen atoms in total. The second-order valence-corrected chi connectivity index (χ2v) is 7.42. The Kier molecular flexibility index (Phi) is 8.10. The molecule has 0 aliphatic heterocycles. The fraction of sp³-hybridized carbons (Fsp3) is 0.474. The Morgan fingerprint density at radius 1 is 1.21 bits per heavy atom. The predicted octanol–water partition coefficient (Wildman–Crippen LogP) is 4.00. The van der Waals surface area contributed by atoms with Crippen LogP contribution in [0.25, 0.3) is 0 Å². The SMILES string of the molecule is CCNC(=NCc1ccccc1OCC(F)(F)F)NCCc1nc(C)c(C)s1. The minimum Gasteiger partial charge on any atom is -0.484 e. The summed E-state index contributed by atoms with van der Waals surface area (Å²) in [6.07, 6.45) is -3.60. The van der Waals surface area contributed by atoms with Crippen molar-refractivity contribution in [1.82, 2.24) is 15.6 Å². The van der Waals surface area contributed by atoms with Gasteiger partial charge in [-0.15, -0.1) is 11.3 Å². The van der Waals surface area contributed by atoms with Gasteiger partial charge in [-0.3, -0.25) is 0 Å². The second kappa shape index (κ2) is 10.3. The largest absolute Gasteiger partial charge is 0.484 e. The normalized spacial score (nSPS) is 12.1. The van der Waals surface area contributed by atoms with Gasteiger partial charge in [0.25, 0.3) is 0 Å². The van der Waals surface area contributed by atoms with Crippen molar-refractivity contribution in [2.24, 2.45) is 4.99 Å². The molecule has 0 radical (unpaired) electrons. The first kappa shape index (κ1) is 22.0. The molecule has 0 aliphatic rings. The zero-order chi connectivity index (χ0) is 20.6. The van der Waals surface area contributed by atoms with Crippen LogP contribution < -0.4 is 15.4 Å². The monoisotopic (exact) mass is 414 g/mol. The second-order valence-electron chi connectivity index (χ2n) is 6.13. The van der Waals surface area contributed by atoms with Crippen LogP contribution in [0.4, 0.5) is 13.2 Å². The number of benzene rings is 1. The first-order valence-electron chi connectivity index (χ1n) is 9.01. The van der Waals surface area contributed by atoms with Crippen molar-refractivity contribution in [2.45, 2.75) is 39.9 Å². The highest BCUT2D eigenvalue weighted by Crippen LogP contribution is 2.22. The van der Waals surface area contributed by atoms with Crippen LogP contribution in [-0.2, 0) is 13.0 Å². The molecule has 0 saturated heterocycles. The van der Waals surface area contributed by atoms with Gasteiger partial charge in [0.15, 0.2) is 12.6 Å². The van der Waals surface area contributed by atoms with Gasteiger partial charge in [-0.05, 0) is 26.8 Å². The summed E-state index contributed by atoms with van der Waals surface area (Å²) in [7, 11) is 0. The molecule has 0 amide bonds. The Labute approximate surface area is 167 Å². The molecule has 0 aliphatic carbocycles. The fourth-order valence-electron chi connectivity index (χ4n) is 2.37. The van der Waals surface area contributed by atoms with Crippen LogP contribution in [0, 0.1) is 13.8 Å². The average Bonchev–Trinajstić information content (AvgIpc) is 2.95. The van der Waals surface area contributed by atoms with Gasteiger partial charge >= 0.3 is 6.18 Å². The maximum Gasteiger partial charge on any atom is 0.422 e. The molecule has 9 heteroatoms. The van der Waals surface area contributed by atoms with E-state index in [0.29, 0.717) is 24.6 Å². The van der Waals surface area contributed by atoms with Crippen molar-refractivity contribution in [1.29, 1.82) is 0 Å². The summed E-state index contributed by atoms with van der Waals surface area (Å²) in [5.74, 6) is 0.784. The standard InChI is InChI=1S/C19H25F3N4OS/c1-4-23-18(24-10-9-17-26-13(2)14(3)28-17)25-11-15-7-5-6-8-16(15)27-12-19(20,21)22/h5-8H,4,9-12H2,1-3H3,(H2,23,24,25). The third kappa shape index (κ3) is 7.38. The lowest BCUT2D eigenvalue weighted by atomic mass is 10.2. The van der Waals surface area contributed by atoms with Crippen molar-refractivity contribution < 1.29 is 17.9 Å². The number of alkyl halides is 3. The number of rotatable bonds is 8. The summed E-state index contributed by atoms with van der Waals surface area (Å²) in [5, 5.41) is 7.42. The molecule has 0 atom stereocenters. The Hall–Kier alpha value is -2.29. The maximum atomic E-state index is 12.4. The van der Waals surface area contributed by atoms with Crippen LogP contribution in [0.2, 0.25) is 0 Å². The maximum absolute atomic E-state index is 12.4. The van der Waals surface area contributed by atoms with Gasteiger partial charge in [0, 0.05) is 30.0 Å². The molecular formula is C19H25F3N4OS. The lowest BCUT2D eigenvalue weighted by Crippen LogP contribution is -2.38. The number of ether oxygens (including phenoxy) is 1. The van der Waals surface area contributed by atoms with E-state index in [1.54, 1.807) is 29.5 Å². The van der Waals surface area contributed by atoms with E-state index in [-0.39, 0.29) is 12.3 Å². The van der Waals surface area contributed by atoms with Gasteiger partial charge in [0.1, 0.15) is 5.75 Å². The molecular weight excluding hydrogens is 389 g/mol. The fourth-order valence-corrected chi connectivity index (χ4v) is 3.31. The number of thiazole rings is 1. The Bertz CT molecular complexity index is 770. The summed E-state index contributed by atoms with van der Waals surface area (Å²) < 4.78 is 42.2. The highest BCUT2D eigenvalue weighted by molar-refractivity contribution is 7.11. The van der Waals surface area contributed by atoms with Crippen molar-refractivity contribution in [3.63, 3.8) is 0 Å². The van der Waals surface area contributed by atoms with Crippen LogP contribution >= 0.6 is 11.3 Å². The zero-order valence-electron chi connectivity index (χ0n) is 16.2. The molecule has 2 aromatic rings. The van der Waals surface area contributed by atoms with E-state index in [2.05, 4.69) is 20.6 Å². The van der Waals surface area contributed by atoms with E-state index in [0.717, 1.165) is 17.1 Å². The van der Waals surface area contributed by atoms with Crippen molar-refractivity contribution in [3.8, 4) is 5.75 Å². The summed E-state index contributed by atoms with van der Waals surface area (Å²) in [5.41, 5.74) is 1.64. The first-order valence-corrected chi connectivity index (χ1v) is 9.82. The summed E-state index contributed by atoms with van der Waals surface area (Å²) in [4.78, 5) is 10.2. The predicted molar refractivity (Wildman–Crippen MR) is 106 cm³/mol. The molecule has 2 N–H and O–H groups in total. The number of halogens is 3. The van der Waals surface area contributed by atoms with E-state index < -0.39 is 12.8 Å². The molecule has 2 rings (SSSR count). The number of aliphatic imine (C=N–C) groups is 1. The molecule has 0 unspecified atom stereocenters. The third-order valence-corrected chi connectivity index (χ3v) is 4.95. The smallest absolute Gasteiger partial charge is 0.422 e. The van der Waals surface area contributed by atoms with Crippen molar-refractivity contribution >= 4 is 17.3 Å². The van der Waals surface area contributed by atoms with Gasteiger partial charge in [-0.1, -0.05) is 18.2 Å². The summed E-state index contributed by atoms with van der Waals surface area (Å²) in [6.45, 7) is 6.21. The molecule has 0 saturated carbocycles. The van der Waals surface area contributed by atoms with Crippen LogP contribution in [0.3, 0.4) is 0 Å². The number of aromatic nitrogens is 1. The molecule has 1 aromatic carbocycles. The highest BCUT2D eigenvalue weighted by Gasteiger charge is 2.28. The van der Waals surface area contributed by atoms with E-state index in [1.807, 2.05) is 20.8 Å². The van der Waals surface area contributed by atoms with E-state index >= 15 is 0 Å². The van der Waals surface area contributed by atoms with Crippen molar-refractivity contribution in [2.75, 3.05) is 19.7 Å². The summed E-state index contributed by atoms with van der Waals surface area (Å²) >= 11 is 1.68. The van der Waals surface area contributed by atoms with Gasteiger partial charge in [0.2, 0.25) is 0 Å². The van der Waals surface area contributed by atoms with Gasteiger partial charge in [-0.2, -0.15) is 13.2 Å². The number of hydrogen-bond donors (Lipinski definition) is 2. The zero-order valence-corrected chi connectivity index (χ0v) is 17.0. The molecule has 0 spiro atoms. The number of para-hydroxylation sites is 1. The number of nitrogens with zero attached hydrogens (tertiary/aromatic N) is 2. The number of nitrogens with one attached hydrogen (secondary N) is 2. The number of aryl methyl sites for hydroxylation is 2. The van der Waals surface area contributed by atoms with E-state index in [1.165, 1.54) is 10.9 Å². The Morgan fingerprint density at radius 3 is 2.61 bits per heavy atom. The van der Waals surface area contributed by atoms with Crippen LogP contribution in [-0.4, -0.2) is 36.8 Å². The quantitative estimate of drug-likeness (QED) is 0.506. The molecule has 28 heavy (non-hydrogen) atoms. The van der Waals surface area contributed by atoms with Crippen molar-refractivity contribution in [3.05, 3.63) is 45.4 Å². The number of guanidine groups is 1. The minimum absolute atomic E-state index is 0.188. The van der Waals surface area contributed by atoms with Gasteiger partial charge in [-0.25, -0.2) is 9.98 Å². The van der Waals surface area contributed by atoms with Crippen LogP contribution in [0.15, 0.2) is 29.3 Å². The van der Waals surface area contributed by atoms with Crippen LogP contribution in [0.5, 0.6) is 5.75 Å². The summed E-state index contributed by atoms with van der Waals surface area (Å²) in [6, 6.07) is 6.61. The molecule has 1 heterocycles. The van der Waals surface area contributed by atoms with Crippen LogP contribution in [0.1, 0.15) is 28.1 Å². The molecule has 1 aromatic heterocycles. The lowest BCUT2D eigenvalue weighted by Gasteiger charge is -2.13. The molecule has 154 valence electrons. The molecule has 0 bridgehead atoms. The average molecular weight is 414 g/mol. The van der Waals surface area contributed by atoms with Gasteiger partial charge in [0.05, 0.1) is 17.2 Å². The Balaban J connectivity index is 1.96. The third-order valence-electron chi connectivity index (χ3n) is 3.82.